The number of aromatic nitrogens is 1. The highest BCUT2D eigenvalue weighted by Gasteiger charge is 2.29. The van der Waals surface area contributed by atoms with Gasteiger partial charge < -0.3 is 10.2 Å². The Morgan fingerprint density at radius 3 is 2.76 bits per heavy atom. The molecule has 1 saturated heterocycles. The summed E-state index contributed by atoms with van der Waals surface area (Å²) in [6, 6.07) is 14.4. The van der Waals surface area contributed by atoms with Gasteiger partial charge in [0.25, 0.3) is 0 Å². The number of halogens is 1. The fourth-order valence-electron chi connectivity index (χ4n) is 2.52. The Labute approximate surface area is 122 Å². The lowest BCUT2D eigenvalue weighted by molar-refractivity contribution is -0.128. The van der Waals surface area contributed by atoms with Crippen molar-refractivity contribution in [3.63, 3.8) is 0 Å². The number of nitrogens with one attached hydrogen (secondary N) is 1. The zero-order valence-corrected chi connectivity index (χ0v) is 11.5. The molecule has 0 aliphatic carbocycles. The Balaban J connectivity index is 1.62. The highest BCUT2D eigenvalue weighted by molar-refractivity contribution is 5.80. The molecule has 0 bridgehead atoms. The fourth-order valence-corrected chi connectivity index (χ4v) is 2.52. The minimum atomic E-state index is -0.523. The molecule has 0 radical (unpaired) electrons. The first-order valence-corrected chi connectivity index (χ1v) is 6.91. The molecule has 0 saturated carbocycles. The summed E-state index contributed by atoms with van der Waals surface area (Å²) in [5.74, 6) is 0.0487. The maximum absolute atomic E-state index is 13.1. The molecule has 108 valence electrons. The molecule has 1 aliphatic heterocycles. The Morgan fingerprint density at radius 1 is 1.19 bits per heavy atom. The molecule has 0 spiro atoms. The number of benzene rings is 1. The average Bonchev–Trinajstić information content (AvgIpc) is 2.80. The quantitative estimate of drug-likeness (QED) is 0.878. The van der Waals surface area contributed by atoms with Crippen molar-refractivity contribution >= 4 is 11.7 Å². The fraction of sp³-hybridized carbons (Fsp3) is 0.250. The van der Waals surface area contributed by atoms with Crippen molar-refractivity contribution in [2.45, 2.75) is 19.0 Å². The molecule has 1 aromatic heterocycles. The van der Waals surface area contributed by atoms with Crippen molar-refractivity contribution < 1.29 is 9.18 Å². The van der Waals surface area contributed by atoms with Gasteiger partial charge in [0.2, 0.25) is 11.9 Å². The van der Waals surface area contributed by atoms with E-state index >= 15 is 0 Å². The molecule has 1 unspecified atom stereocenters. The number of hydrogen-bond donors (Lipinski definition) is 1. The van der Waals surface area contributed by atoms with Gasteiger partial charge in [-0.25, -0.2) is 4.98 Å². The first-order valence-electron chi connectivity index (χ1n) is 6.91. The molecule has 1 amide bonds. The third-order valence-corrected chi connectivity index (χ3v) is 3.50. The summed E-state index contributed by atoms with van der Waals surface area (Å²) in [6.45, 7) is 1.21. The van der Waals surface area contributed by atoms with Crippen LogP contribution in [0.5, 0.6) is 0 Å². The third-order valence-electron chi connectivity index (χ3n) is 3.50. The van der Waals surface area contributed by atoms with Gasteiger partial charge in [0.15, 0.2) is 0 Å². The number of anilines is 1. The molecule has 2 heterocycles. The lowest BCUT2D eigenvalue weighted by atomic mass is 10.2. The minimum Gasteiger partial charge on any atom is -0.365 e. The number of rotatable bonds is 4. The molecule has 1 N–H and O–H groups in total. The number of nitrogens with zero attached hydrogens (tertiary/aromatic N) is 2. The lowest BCUT2D eigenvalue weighted by Crippen LogP contribution is -2.27. The Kier molecular flexibility index (Phi) is 3.81. The van der Waals surface area contributed by atoms with E-state index in [2.05, 4.69) is 10.3 Å². The Hall–Kier alpha value is -2.43. The van der Waals surface area contributed by atoms with E-state index in [0.717, 1.165) is 5.56 Å². The maximum Gasteiger partial charge on any atom is 0.225 e. The average molecular weight is 285 g/mol. The van der Waals surface area contributed by atoms with E-state index in [9.17, 15) is 9.18 Å². The number of amides is 1. The van der Waals surface area contributed by atoms with Gasteiger partial charge in [0.1, 0.15) is 5.82 Å². The summed E-state index contributed by atoms with van der Waals surface area (Å²) in [6.07, 6.45) is 0.408. The van der Waals surface area contributed by atoms with Crippen molar-refractivity contribution in [3.8, 4) is 0 Å². The van der Waals surface area contributed by atoms with E-state index in [1.165, 1.54) is 6.07 Å². The first-order chi connectivity index (χ1) is 10.2. The van der Waals surface area contributed by atoms with E-state index in [0.29, 0.717) is 25.3 Å². The molecule has 1 atom stereocenters. The van der Waals surface area contributed by atoms with Gasteiger partial charge in [-0.3, -0.25) is 4.79 Å². The van der Waals surface area contributed by atoms with E-state index in [1.807, 2.05) is 35.2 Å². The van der Waals surface area contributed by atoms with Crippen LogP contribution in [-0.4, -0.2) is 28.4 Å². The second-order valence-corrected chi connectivity index (χ2v) is 5.15. The standard InChI is InChI=1S/C16H16FN3O/c17-14-7-4-8-15(19-14)18-13-9-16(21)20(11-13)10-12-5-2-1-3-6-12/h1-8,13H,9-11H2,(H,18,19). The summed E-state index contributed by atoms with van der Waals surface area (Å²) in [5.41, 5.74) is 1.11. The topological polar surface area (TPSA) is 45.2 Å². The van der Waals surface area contributed by atoms with Crippen LogP contribution in [0.2, 0.25) is 0 Å². The summed E-state index contributed by atoms with van der Waals surface area (Å²) >= 11 is 0. The molecule has 3 rings (SSSR count). The van der Waals surface area contributed by atoms with Crippen molar-refractivity contribution in [3.05, 3.63) is 60.0 Å². The SMILES string of the molecule is O=C1CC(Nc2cccc(F)n2)CN1Cc1ccccc1. The number of likely N-dealkylation sites (tertiary alicyclic amines) is 1. The van der Waals surface area contributed by atoms with Crippen LogP contribution in [0.15, 0.2) is 48.5 Å². The van der Waals surface area contributed by atoms with E-state index in [1.54, 1.807) is 12.1 Å². The lowest BCUT2D eigenvalue weighted by Gasteiger charge is -2.17. The van der Waals surface area contributed by atoms with Gasteiger partial charge in [-0.1, -0.05) is 36.4 Å². The van der Waals surface area contributed by atoms with Crippen molar-refractivity contribution in [1.82, 2.24) is 9.88 Å². The normalized spacial score (nSPS) is 18.0. The summed E-state index contributed by atoms with van der Waals surface area (Å²) in [7, 11) is 0. The minimum absolute atomic E-state index is 0.0319. The summed E-state index contributed by atoms with van der Waals surface area (Å²) < 4.78 is 13.1. The van der Waals surface area contributed by atoms with Crippen molar-refractivity contribution in [1.29, 1.82) is 0 Å². The van der Waals surface area contributed by atoms with Crippen molar-refractivity contribution in [2.75, 3.05) is 11.9 Å². The predicted octanol–water partition coefficient (Wildman–Crippen LogP) is 2.43. The highest BCUT2D eigenvalue weighted by Crippen LogP contribution is 2.18. The number of carbonyl (C=O) groups excluding carboxylic acids is 1. The second kappa shape index (κ2) is 5.91. The highest BCUT2D eigenvalue weighted by atomic mass is 19.1. The van der Waals surface area contributed by atoms with Gasteiger partial charge in [0, 0.05) is 19.5 Å². The molecule has 21 heavy (non-hydrogen) atoms. The van der Waals surface area contributed by atoms with E-state index in [-0.39, 0.29) is 11.9 Å². The monoisotopic (exact) mass is 285 g/mol. The van der Waals surface area contributed by atoms with Crippen LogP contribution in [0.25, 0.3) is 0 Å². The van der Waals surface area contributed by atoms with Gasteiger partial charge in [0.05, 0.1) is 6.04 Å². The zero-order valence-electron chi connectivity index (χ0n) is 11.5. The molecule has 4 nitrogen and oxygen atoms in total. The predicted molar refractivity (Wildman–Crippen MR) is 78.1 cm³/mol. The smallest absolute Gasteiger partial charge is 0.225 e. The molecule has 5 heteroatoms. The molecular formula is C16H16FN3O. The summed E-state index contributed by atoms with van der Waals surface area (Å²) in [4.78, 5) is 17.6. The second-order valence-electron chi connectivity index (χ2n) is 5.15. The maximum atomic E-state index is 13.1. The van der Waals surface area contributed by atoms with Crippen LogP contribution in [0.1, 0.15) is 12.0 Å². The van der Waals surface area contributed by atoms with Crippen LogP contribution in [0.3, 0.4) is 0 Å². The van der Waals surface area contributed by atoms with Crippen LogP contribution in [-0.2, 0) is 11.3 Å². The third kappa shape index (κ3) is 3.37. The number of carbonyl (C=O) groups is 1. The number of pyridine rings is 1. The van der Waals surface area contributed by atoms with Gasteiger partial charge in [-0.05, 0) is 17.7 Å². The molecule has 1 fully saturated rings. The Morgan fingerprint density at radius 2 is 2.00 bits per heavy atom. The van der Waals surface area contributed by atoms with E-state index < -0.39 is 5.95 Å². The van der Waals surface area contributed by atoms with Crippen molar-refractivity contribution in [2.24, 2.45) is 0 Å². The van der Waals surface area contributed by atoms with Crippen LogP contribution < -0.4 is 5.32 Å². The van der Waals surface area contributed by atoms with Gasteiger partial charge in [-0.15, -0.1) is 0 Å². The van der Waals surface area contributed by atoms with Crippen LogP contribution >= 0.6 is 0 Å². The first kappa shape index (κ1) is 13.5. The molecule has 1 aliphatic rings. The number of hydrogen-bond acceptors (Lipinski definition) is 3. The molecular weight excluding hydrogens is 269 g/mol. The summed E-state index contributed by atoms with van der Waals surface area (Å²) in [5, 5.41) is 3.11. The molecule has 1 aromatic carbocycles. The van der Waals surface area contributed by atoms with E-state index in [4.69, 9.17) is 0 Å². The van der Waals surface area contributed by atoms with Crippen LogP contribution in [0.4, 0.5) is 10.2 Å². The van der Waals surface area contributed by atoms with Gasteiger partial charge in [-0.2, -0.15) is 4.39 Å². The largest absolute Gasteiger partial charge is 0.365 e. The van der Waals surface area contributed by atoms with Gasteiger partial charge >= 0.3 is 0 Å². The zero-order chi connectivity index (χ0) is 14.7. The Bertz CT molecular complexity index is 632. The van der Waals surface area contributed by atoms with Crippen LogP contribution in [0, 0.1) is 5.95 Å². The molecule has 2 aromatic rings.